The summed E-state index contributed by atoms with van der Waals surface area (Å²) in [5.74, 6) is 0.181. The zero-order valence-corrected chi connectivity index (χ0v) is 10.2. The van der Waals surface area contributed by atoms with Gasteiger partial charge in [0.05, 0.1) is 6.54 Å². The number of nitrogens with one attached hydrogen (secondary N) is 1. The van der Waals surface area contributed by atoms with Crippen LogP contribution in [-0.2, 0) is 13.1 Å². The van der Waals surface area contributed by atoms with Crippen LogP contribution in [0.1, 0.15) is 34.3 Å². The molecule has 1 N–H and O–H groups in total. The lowest BCUT2D eigenvalue weighted by molar-refractivity contribution is 0.0993. The molecule has 3 nitrogen and oxygen atoms in total. The number of ketones is 1. The predicted molar refractivity (Wildman–Crippen MR) is 67.0 cm³/mol. The van der Waals surface area contributed by atoms with Crippen LogP contribution in [0.3, 0.4) is 0 Å². The first-order chi connectivity index (χ1) is 8.28. The maximum atomic E-state index is 11.8. The summed E-state index contributed by atoms with van der Waals surface area (Å²) in [6, 6.07) is 6.98. The molecule has 1 aliphatic heterocycles. The van der Waals surface area contributed by atoms with E-state index in [0.29, 0.717) is 6.54 Å². The molecule has 0 radical (unpaired) electrons. The Morgan fingerprint density at radius 3 is 2.82 bits per heavy atom. The van der Waals surface area contributed by atoms with E-state index in [2.05, 4.69) is 22.3 Å². The molecule has 1 heterocycles. The van der Waals surface area contributed by atoms with Crippen LogP contribution in [0.4, 0.5) is 0 Å². The van der Waals surface area contributed by atoms with Crippen molar-refractivity contribution in [2.75, 3.05) is 13.6 Å². The smallest absolute Gasteiger partial charge is 0.176 e. The standard InChI is InChI=1S/C14H18N2O/c1-15-7-14(17)10-2-3-11-8-16(13-4-5-13)9-12(11)6-10/h2-3,6,13,15H,4-5,7-9H2,1H3. The zero-order chi connectivity index (χ0) is 11.8. The molecule has 3 rings (SSSR count). The Labute approximate surface area is 102 Å². The zero-order valence-electron chi connectivity index (χ0n) is 10.2. The van der Waals surface area contributed by atoms with Crippen molar-refractivity contribution in [2.45, 2.75) is 32.0 Å². The highest BCUT2D eigenvalue weighted by Crippen LogP contribution is 2.34. The average Bonchev–Trinajstić information content (AvgIpc) is 3.08. The number of nitrogens with zero attached hydrogens (tertiary/aromatic N) is 1. The van der Waals surface area contributed by atoms with Crippen LogP contribution in [-0.4, -0.2) is 30.3 Å². The van der Waals surface area contributed by atoms with Crippen molar-refractivity contribution in [3.05, 3.63) is 34.9 Å². The summed E-state index contributed by atoms with van der Waals surface area (Å²) in [5.41, 5.74) is 3.59. The molecule has 0 unspecified atom stereocenters. The fraction of sp³-hybridized carbons (Fsp3) is 0.500. The minimum Gasteiger partial charge on any atom is -0.313 e. The molecule has 0 amide bonds. The number of rotatable bonds is 4. The van der Waals surface area contributed by atoms with Crippen LogP contribution in [0, 0.1) is 0 Å². The Kier molecular flexibility index (Phi) is 2.73. The number of hydrogen-bond acceptors (Lipinski definition) is 3. The maximum absolute atomic E-state index is 11.8. The summed E-state index contributed by atoms with van der Waals surface area (Å²) in [4.78, 5) is 14.3. The van der Waals surface area contributed by atoms with Gasteiger partial charge in [-0.05, 0) is 37.1 Å². The Morgan fingerprint density at radius 1 is 1.35 bits per heavy atom. The molecule has 3 heteroatoms. The third-order valence-electron chi connectivity index (χ3n) is 3.68. The van der Waals surface area contributed by atoms with E-state index in [1.807, 2.05) is 6.07 Å². The van der Waals surface area contributed by atoms with E-state index in [1.54, 1.807) is 7.05 Å². The first-order valence-electron chi connectivity index (χ1n) is 6.31. The van der Waals surface area contributed by atoms with E-state index >= 15 is 0 Å². The SMILES string of the molecule is CNCC(=O)c1ccc2c(c1)CN(C1CC1)C2. The average molecular weight is 230 g/mol. The van der Waals surface area contributed by atoms with Crippen LogP contribution in [0.5, 0.6) is 0 Å². The molecule has 0 bridgehead atoms. The molecule has 0 atom stereocenters. The lowest BCUT2D eigenvalue weighted by atomic mass is 10.0. The Bertz CT molecular complexity index is 452. The van der Waals surface area contributed by atoms with Gasteiger partial charge in [0, 0.05) is 24.7 Å². The van der Waals surface area contributed by atoms with Gasteiger partial charge in [-0.2, -0.15) is 0 Å². The third kappa shape index (κ3) is 2.13. The molecule has 1 aromatic carbocycles. The Hall–Kier alpha value is -1.19. The minimum atomic E-state index is 0.181. The molecule has 17 heavy (non-hydrogen) atoms. The highest BCUT2D eigenvalue weighted by atomic mass is 16.1. The van der Waals surface area contributed by atoms with Gasteiger partial charge in [0.2, 0.25) is 0 Å². The molecule has 1 aromatic rings. The molecule has 1 aliphatic carbocycles. The lowest BCUT2D eigenvalue weighted by Gasteiger charge is -2.11. The topological polar surface area (TPSA) is 32.3 Å². The third-order valence-corrected chi connectivity index (χ3v) is 3.68. The van der Waals surface area contributed by atoms with Gasteiger partial charge in [0.15, 0.2) is 5.78 Å². The van der Waals surface area contributed by atoms with Crippen molar-refractivity contribution in [3.63, 3.8) is 0 Å². The monoisotopic (exact) mass is 230 g/mol. The van der Waals surface area contributed by atoms with Crippen molar-refractivity contribution >= 4 is 5.78 Å². The second kappa shape index (κ2) is 4.24. The van der Waals surface area contributed by atoms with Crippen molar-refractivity contribution in [1.82, 2.24) is 10.2 Å². The summed E-state index contributed by atoms with van der Waals surface area (Å²) in [6.07, 6.45) is 2.69. The van der Waals surface area contributed by atoms with E-state index in [4.69, 9.17) is 0 Å². The summed E-state index contributed by atoms with van der Waals surface area (Å²) in [6.45, 7) is 2.52. The van der Waals surface area contributed by atoms with Gasteiger partial charge in [-0.15, -0.1) is 0 Å². The molecular formula is C14H18N2O. The van der Waals surface area contributed by atoms with E-state index in [-0.39, 0.29) is 5.78 Å². The van der Waals surface area contributed by atoms with Crippen LogP contribution >= 0.6 is 0 Å². The molecule has 1 saturated carbocycles. The summed E-state index contributed by atoms with van der Waals surface area (Å²) in [7, 11) is 1.81. The van der Waals surface area contributed by atoms with Gasteiger partial charge < -0.3 is 5.32 Å². The highest BCUT2D eigenvalue weighted by molar-refractivity contribution is 5.97. The van der Waals surface area contributed by atoms with Crippen molar-refractivity contribution < 1.29 is 4.79 Å². The van der Waals surface area contributed by atoms with Crippen molar-refractivity contribution in [2.24, 2.45) is 0 Å². The molecule has 90 valence electrons. The normalized spacial score (nSPS) is 19.4. The van der Waals surface area contributed by atoms with Crippen LogP contribution in [0.2, 0.25) is 0 Å². The summed E-state index contributed by atoms with van der Waals surface area (Å²) in [5, 5.41) is 2.91. The number of fused-ring (bicyclic) bond motifs is 1. The van der Waals surface area contributed by atoms with Crippen LogP contribution < -0.4 is 5.32 Å². The van der Waals surface area contributed by atoms with Gasteiger partial charge in [0.1, 0.15) is 0 Å². The summed E-state index contributed by atoms with van der Waals surface area (Å²) >= 11 is 0. The van der Waals surface area contributed by atoms with Crippen molar-refractivity contribution in [1.29, 1.82) is 0 Å². The number of benzene rings is 1. The quantitative estimate of drug-likeness (QED) is 0.797. The number of hydrogen-bond donors (Lipinski definition) is 1. The number of Topliss-reactive ketones (excluding diaryl/α,β-unsaturated/α-hetero) is 1. The van der Waals surface area contributed by atoms with Crippen molar-refractivity contribution in [3.8, 4) is 0 Å². The van der Waals surface area contributed by atoms with Crippen LogP contribution in [0.25, 0.3) is 0 Å². The molecular weight excluding hydrogens is 212 g/mol. The van der Waals surface area contributed by atoms with E-state index in [1.165, 1.54) is 24.0 Å². The summed E-state index contributed by atoms with van der Waals surface area (Å²) < 4.78 is 0. The van der Waals surface area contributed by atoms with E-state index in [9.17, 15) is 4.79 Å². The molecule has 2 aliphatic rings. The van der Waals surface area contributed by atoms with E-state index in [0.717, 1.165) is 24.7 Å². The minimum absolute atomic E-state index is 0.181. The molecule has 0 spiro atoms. The molecule has 1 fully saturated rings. The molecule has 0 aromatic heterocycles. The molecule has 0 saturated heterocycles. The number of likely N-dealkylation sites (N-methyl/N-ethyl adjacent to an activating group) is 1. The number of carbonyl (C=O) groups excluding carboxylic acids is 1. The van der Waals surface area contributed by atoms with Gasteiger partial charge in [-0.3, -0.25) is 9.69 Å². The van der Waals surface area contributed by atoms with Gasteiger partial charge in [-0.25, -0.2) is 0 Å². The highest BCUT2D eigenvalue weighted by Gasteiger charge is 2.32. The first kappa shape index (κ1) is 10.9. The Balaban J connectivity index is 1.79. The predicted octanol–water partition coefficient (Wildman–Crippen LogP) is 1.57. The van der Waals surface area contributed by atoms with E-state index < -0.39 is 0 Å². The fourth-order valence-corrected chi connectivity index (χ4v) is 2.55. The largest absolute Gasteiger partial charge is 0.313 e. The Morgan fingerprint density at radius 2 is 2.12 bits per heavy atom. The number of carbonyl (C=O) groups is 1. The van der Waals surface area contributed by atoms with Gasteiger partial charge in [0.25, 0.3) is 0 Å². The maximum Gasteiger partial charge on any atom is 0.176 e. The van der Waals surface area contributed by atoms with Crippen LogP contribution in [0.15, 0.2) is 18.2 Å². The fourth-order valence-electron chi connectivity index (χ4n) is 2.55. The second-order valence-electron chi connectivity index (χ2n) is 5.07. The van der Waals surface area contributed by atoms with Gasteiger partial charge in [-0.1, -0.05) is 12.1 Å². The lowest BCUT2D eigenvalue weighted by Crippen LogP contribution is -2.19. The van der Waals surface area contributed by atoms with Gasteiger partial charge >= 0.3 is 0 Å². The first-order valence-corrected chi connectivity index (χ1v) is 6.31. The second-order valence-corrected chi connectivity index (χ2v) is 5.07.